The van der Waals surface area contributed by atoms with Crippen LogP contribution in [-0.4, -0.2) is 59.2 Å². The largest absolute Gasteiger partial charge is 0.497 e. The molecule has 1 aliphatic heterocycles. The molecule has 2 atom stereocenters. The van der Waals surface area contributed by atoms with Crippen molar-refractivity contribution in [2.45, 2.75) is 29.9 Å². The quantitative estimate of drug-likeness (QED) is 0.262. The molecule has 0 radical (unpaired) electrons. The van der Waals surface area contributed by atoms with Gasteiger partial charge in [-0.3, -0.25) is 14.6 Å². The molecule has 9 heteroatoms. The van der Waals surface area contributed by atoms with Gasteiger partial charge in [-0.2, -0.15) is 4.39 Å². The molecule has 3 heterocycles. The lowest BCUT2D eigenvalue weighted by atomic mass is 9.79. The number of ether oxygens (including phenoxy) is 1. The average Bonchev–Trinajstić information content (AvgIpc) is 3.27. The second-order valence-corrected chi connectivity index (χ2v) is 11.2. The molecule has 35 heavy (non-hydrogen) atoms. The fourth-order valence-electron chi connectivity index (χ4n) is 4.79. The van der Waals surface area contributed by atoms with Gasteiger partial charge in [0, 0.05) is 48.8 Å². The van der Waals surface area contributed by atoms with Crippen LogP contribution >= 0.6 is 23.1 Å². The van der Waals surface area contributed by atoms with Gasteiger partial charge in [-0.15, -0.1) is 11.8 Å². The number of fused-ring (bicyclic) bond motifs is 1. The first-order chi connectivity index (χ1) is 16.9. The van der Waals surface area contributed by atoms with Crippen LogP contribution in [0.2, 0.25) is 0 Å². The van der Waals surface area contributed by atoms with Crippen molar-refractivity contribution >= 4 is 45.8 Å². The molecule has 1 aliphatic rings. The molecule has 0 saturated carbocycles. The normalized spacial score (nSPS) is 18.6. The van der Waals surface area contributed by atoms with Crippen molar-refractivity contribution < 1.29 is 23.8 Å². The van der Waals surface area contributed by atoms with Crippen molar-refractivity contribution in [2.24, 2.45) is 11.8 Å². The molecule has 186 valence electrons. The zero-order valence-corrected chi connectivity index (χ0v) is 21.2. The molecule has 1 fully saturated rings. The van der Waals surface area contributed by atoms with Gasteiger partial charge >= 0.3 is 5.97 Å². The van der Waals surface area contributed by atoms with Crippen LogP contribution < -0.4 is 4.74 Å². The molecule has 1 saturated heterocycles. The lowest BCUT2D eigenvalue weighted by Gasteiger charge is -2.38. The number of thioether (sulfide) groups is 1. The summed E-state index contributed by atoms with van der Waals surface area (Å²) < 4.78 is 19.4. The van der Waals surface area contributed by atoms with Gasteiger partial charge < -0.3 is 14.7 Å². The molecule has 0 bridgehead atoms. The van der Waals surface area contributed by atoms with E-state index in [1.165, 1.54) is 6.07 Å². The summed E-state index contributed by atoms with van der Waals surface area (Å²) in [5.74, 6) is 0.948. The third-order valence-electron chi connectivity index (χ3n) is 6.60. The highest BCUT2D eigenvalue weighted by Crippen LogP contribution is 2.32. The molecule has 6 nitrogen and oxygen atoms in total. The van der Waals surface area contributed by atoms with Crippen LogP contribution in [0.25, 0.3) is 10.9 Å². The third-order valence-corrected chi connectivity index (χ3v) is 8.68. The van der Waals surface area contributed by atoms with Crippen LogP contribution in [-0.2, 0) is 4.79 Å². The number of aromatic nitrogens is 1. The van der Waals surface area contributed by atoms with Gasteiger partial charge in [-0.1, -0.05) is 11.3 Å². The number of aliphatic carboxylic acids is 1. The molecule has 1 N–H and O–H groups in total. The second kappa shape index (κ2) is 12.0. The van der Waals surface area contributed by atoms with Crippen LogP contribution in [0.3, 0.4) is 0 Å². The summed E-state index contributed by atoms with van der Waals surface area (Å²) in [4.78, 5) is 31.3. The predicted molar refractivity (Wildman–Crippen MR) is 137 cm³/mol. The van der Waals surface area contributed by atoms with E-state index in [-0.39, 0.29) is 29.2 Å². The monoisotopic (exact) mass is 516 g/mol. The van der Waals surface area contributed by atoms with Crippen molar-refractivity contribution in [2.75, 3.05) is 32.5 Å². The first kappa shape index (κ1) is 25.6. The average molecular weight is 517 g/mol. The number of halogens is 1. The standard InChI is InChI=1S/C26H29FN2O4S2/c1-33-19-3-4-22-21(15-19)20(8-10-28-22)23(30)5-2-17-9-11-29(16-18(17)14-25(31)32)12-13-34-26-7-6-24(27)35-26/h3-4,6-8,10,15,17-18H,2,5,9,11-14,16H2,1H3,(H,31,32). The number of benzene rings is 1. The Bertz CT molecular complexity index is 1190. The Kier molecular flexibility index (Phi) is 8.75. The molecule has 0 amide bonds. The van der Waals surface area contributed by atoms with Crippen molar-refractivity contribution in [3.05, 3.63) is 53.3 Å². The number of carboxylic acid groups (broad SMARTS) is 1. The Morgan fingerprint density at radius 2 is 2.11 bits per heavy atom. The number of thiophene rings is 1. The first-order valence-corrected chi connectivity index (χ1v) is 13.5. The van der Waals surface area contributed by atoms with E-state index in [0.717, 1.165) is 51.7 Å². The third kappa shape index (κ3) is 6.80. The number of carbonyl (C=O) groups excluding carboxylic acids is 1. The van der Waals surface area contributed by atoms with Crippen molar-refractivity contribution in [1.82, 2.24) is 9.88 Å². The number of ketones is 1. The van der Waals surface area contributed by atoms with E-state index in [1.807, 2.05) is 18.2 Å². The Labute approximate surface area is 212 Å². The molecule has 3 aromatic rings. The fraction of sp³-hybridized carbons (Fsp3) is 0.423. The Morgan fingerprint density at radius 1 is 1.26 bits per heavy atom. The minimum atomic E-state index is -0.802. The molecule has 2 unspecified atom stereocenters. The minimum absolute atomic E-state index is 0.00695. The van der Waals surface area contributed by atoms with E-state index < -0.39 is 5.97 Å². The number of piperidine rings is 1. The molecule has 2 aromatic heterocycles. The van der Waals surface area contributed by atoms with E-state index in [9.17, 15) is 19.1 Å². The summed E-state index contributed by atoms with van der Waals surface area (Å²) in [6.07, 6.45) is 3.66. The number of nitrogens with zero attached hydrogens (tertiary/aromatic N) is 2. The fourth-order valence-corrected chi connectivity index (χ4v) is 6.70. The van der Waals surface area contributed by atoms with Gasteiger partial charge in [-0.25, -0.2) is 0 Å². The number of carboxylic acids is 1. The van der Waals surface area contributed by atoms with E-state index in [0.29, 0.717) is 30.7 Å². The summed E-state index contributed by atoms with van der Waals surface area (Å²) in [6, 6.07) is 10.5. The van der Waals surface area contributed by atoms with Gasteiger partial charge in [0.2, 0.25) is 0 Å². The SMILES string of the molecule is COc1ccc2nccc(C(=O)CCC3CCN(CCSc4ccc(F)s4)CC3CC(=O)O)c2c1. The maximum atomic E-state index is 13.2. The lowest BCUT2D eigenvalue weighted by Crippen LogP contribution is -2.42. The highest BCUT2D eigenvalue weighted by atomic mass is 32.2. The van der Waals surface area contributed by atoms with E-state index in [4.69, 9.17) is 4.74 Å². The zero-order valence-electron chi connectivity index (χ0n) is 19.6. The molecule has 1 aromatic carbocycles. The Hall–Kier alpha value is -2.49. The van der Waals surface area contributed by atoms with Gasteiger partial charge in [0.15, 0.2) is 10.9 Å². The van der Waals surface area contributed by atoms with Crippen molar-refractivity contribution in [3.8, 4) is 5.75 Å². The van der Waals surface area contributed by atoms with E-state index in [1.54, 1.807) is 37.2 Å². The van der Waals surface area contributed by atoms with Gasteiger partial charge in [0.05, 0.1) is 16.8 Å². The molecular formula is C26H29FN2O4S2. The number of Topliss-reactive ketones (excluding diaryl/α,β-unsaturated/α-hetero) is 1. The highest BCUT2D eigenvalue weighted by Gasteiger charge is 2.31. The van der Waals surface area contributed by atoms with Crippen LogP contribution in [0.4, 0.5) is 4.39 Å². The van der Waals surface area contributed by atoms with E-state index >= 15 is 0 Å². The number of rotatable bonds is 11. The van der Waals surface area contributed by atoms with Gasteiger partial charge in [0.25, 0.3) is 0 Å². The molecular weight excluding hydrogens is 487 g/mol. The van der Waals surface area contributed by atoms with Crippen LogP contribution in [0.15, 0.2) is 46.8 Å². The van der Waals surface area contributed by atoms with Gasteiger partial charge in [-0.05, 0) is 67.6 Å². The smallest absolute Gasteiger partial charge is 0.303 e. The molecule has 0 spiro atoms. The van der Waals surface area contributed by atoms with Crippen molar-refractivity contribution in [3.63, 3.8) is 0 Å². The van der Waals surface area contributed by atoms with Gasteiger partial charge in [0.1, 0.15) is 5.75 Å². The van der Waals surface area contributed by atoms with Crippen LogP contribution in [0.5, 0.6) is 5.75 Å². The minimum Gasteiger partial charge on any atom is -0.497 e. The first-order valence-electron chi connectivity index (χ1n) is 11.7. The summed E-state index contributed by atoms with van der Waals surface area (Å²) in [6.45, 7) is 2.42. The topological polar surface area (TPSA) is 79.7 Å². The van der Waals surface area contributed by atoms with E-state index in [2.05, 4.69) is 9.88 Å². The molecule has 0 aliphatic carbocycles. The number of pyridine rings is 1. The summed E-state index contributed by atoms with van der Waals surface area (Å²) in [5, 5.41) is 10.1. The number of carbonyl (C=O) groups is 2. The lowest BCUT2D eigenvalue weighted by molar-refractivity contribution is -0.139. The Morgan fingerprint density at radius 3 is 2.86 bits per heavy atom. The number of hydrogen-bond donors (Lipinski definition) is 1. The number of likely N-dealkylation sites (tertiary alicyclic amines) is 1. The number of methoxy groups -OCH3 is 1. The maximum absolute atomic E-state index is 13.2. The summed E-state index contributed by atoms with van der Waals surface area (Å²) >= 11 is 2.78. The van der Waals surface area contributed by atoms with Crippen LogP contribution in [0.1, 0.15) is 36.0 Å². The second-order valence-electron chi connectivity index (χ2n) is 8.82. The zero-order chi connectivity index (χ0) is 24.8. The Balaban J connectivity index is 1.35. The predicted octanol–water partition coefficient (Wildman–Crippen LogP) is 5.61. The molecule has 4 rings (SSSR count). The summed E-state index contributed by atoms with van der Waals surface area (Å²) in [7, 11) is 1.59. The summed E-state index contributed by atoms with van der Waals surface area (Å²) in [5.41, 5.74) is 1.38. The van der Waals surface area contributed by atoms with Crippen molar-refractivity contribution in [1.29, 1.82) is 0 Å². The highest BCUT2D eigenvalue weighted by molar-refractivity contribution is 8.01. The number of hydrogen-bond acceptors (Lipinski definition) is 7. The van der Waals surface area contributed by atoms with Crippen LogP contribution in [0, 0.1) is 17.0 Å². The maximum Gasteiger partial charge on any atom is 0.303 e.